The quantitative estimate of drug-likeness (QED) is 0.871. The van der Waals surface area contributed by atoms with Crippen LogP contribution in [0.3, 0.4) is 0 Å². The number of urea groups is 1. The van der Waals surface area contributed by atoms with Crippen molar-refractivity contribution in [2.24, 2.45) is 0 Å². The lowest BCUT2D eigenvalue weighted by Gasteiger charge is -2.16. The zero-order valence-corrected chi connectivity index (χ0v) is 14.6. The minimum Gasteiger partial charge on any atom is -0.347 e. The Labute approximate surface area is 145 Å². The Balaban J connectivity index is 1.98. The van der Waals surface area contributed by atoms with Crippen molar-refractivity contribution in [1.82, 2.24) is 20.6 Å². The Kier molecular flexibility index (Phi) is 5.84. The molecule has 25 heavy (non-hydrogen) atoms. The molecule has 0 fully saturated rings. The van der Waals surface area contributed by atoms with Crippen LogP contribution in [-0.4, -0.2) is 30.1 Å². The molecule has 1 atom stereocenters. The van der Waals surface area contributed by atoms with E-state index in [1.807, 2.05) is 21.0 Å². The fourth-order valence-corrected chi connectivity index (χ4v) is 2.26. The number of aromatic nitrogens is 2. The van der Waals surface area contributed by atoms with E-state index < -0.39 is 23.7 Å². The highest BCUT2D eigenvalue weighted by Crippen LogP contribution is 2.18. The number of amides is 2. The molecule has 0 radical (unpaired) electrons. The van der Waals surface area contributed by atoms with Gasteiger partial charge in [-0.1, -0.05) is 12.1 Å². The number of hydrogen-bond donors (Lipinski definition) is 2. The molecule has 1 aromatic heterocycles. The summed E-state index contributed by atoms with van der Waals surface area (Å²) < 4.78 is 27.0. The van der Waals surface area contributed by atoms with Crippen molar-refractivity contribution in [1.29, 1.82) is 0 Å². The minimum absolute atomic E-state index is 0.0860. The molecule has 6 nitrogen and oxygen atoms in total. The predicted molar refractivity (Wildman–Crippen MR) is 91.2 cm³/mol. The summed E-state index contributed by atoms with van der Waals surface area (Å²) in [6, 6.07) is 4.45. The number of aryl methyl sites for hydroxylation is 1. The van der Waals surface area contributed by atoms with Gasteiger partial charge in [0.05, 0.1) is 18.3 Å². The first-order valence-corrected chi connectivity index (χ1v) is 7.78. The van der Waals surface area contributed by atoms with Gasteiger partial charge in [-0.15, -0.1) is 0 Å². The Morgan fingerprint density at radius 1 is 1.28 bits per heavy atom. The summed E-state index contributed by atoms with van der Waals surface area (Å²) in [6.45, 7) is 3.61. The van der Waals surface area contributed by atoms with Crippen LogP contribution in [0.4, 0.5) is 19.5 Å². The van der Waals surface area contributed by atoms with Gasteiger partial charge in [0.1, 0.15) is 0 Å². The smallest absolute Gasteiger partial charge is 0.315 e. The number of hydrogen-bond acceptors (Lipinski definition) is 4. The van der Waals surface area contributed by atoms with Gasteiger partial charge in [-0.3, -0.25) is 0 Å². The topological polar surface area (TPSA) is 70.2 Å². The van der Waals surface area contributed by atoms with Crippen molar-refractivity contribution in [2.45, 2.75) is 26.4 Å². The highest BCUT2D eigenvalue weighted by molar-refractivity contribution is 5.74. The second-order valence-corrected chi connectivity index (χ2v) is 5.89. The van der Waals surface area contributed by atoms with E-state index in [0.717, 1.165) is 11.8 Å². The number of carbonyl (C=O) groups is 1. The molecular formula is C17H21F2N5O. The number of benzene rings is 1. The zero-order chi connectivity index (χ0) is 18.6. The van der Waals surface area contributed by atoms with Crippen LogP contribution in [0.5, 0.6) is 0 Å². The maximum Gasteiger partial charge on any atom is 0.315 e. The van der Waals surface area contributed by atoms with Gasteiger partial charge in [0.25, 0.3) is 0 Å². The number of carbonyl (C=O) groups excluding carboxylic acids is 1. The summed E-state index contributed by atoms with van der Waals surface area (Å²) in [5, 5.41) is 5.23. The van der Waals surface area contributed by atoms with Crippen LogP contribution in [0.15, 0.2) is 24.3 Å². The second kappa shape index (κ2) is 7.87. The van der Waals surface area contributed by atoms with Crippen LogP contribution in [0.25, 0.3) is 0 Å². The fraction of sp³-hybridized carbons (Fsp3) is 0.353. The summed E-state index contributed by atoms with van der Waals surface area (Å²) in [7, 11) is 3.65. The molecule has 2 aromatic rings. The van der Waals surface area contributed by atoms with Crippen LogP contribution < -0.4 is 15.5 Å². The molecule has 0 bridgehead atoms. The monoisotopic (exact) mass is 349 g/mol. The summed E-state index contributed by atoms with van der Waals surface area (Å²) in [6.07, 6.45) is 0. The molecule has 2 amide bonds. The summed E-state index contributed by atoms with van der Waals surface area (Å²) in [4.78, 5) is 22.4. The van der Waals surface area contributed by atoms with Crippen molar-refractivity contribution in [3.8, 4) is 0 Å². The van der Waals surface area contributed by atoms with Gasteiger partial charge in [-0.2, -0.15) is 0 Å². The molecule has 1 aromatic carbocycles. The maximum absolute atomic E-state index is 13.7. The van der Waals surface area contributed by atoms with E-state index >= 15 is 0 Å². The Hall–Kier alpha value is -2.77. The molecule has 0 unspecified atom stereocenters. The highest BCUT2D eigenvalue weighted by Gasteiger charge is 2.16. The zero-order valence-electron chi connectivity index (χ0n) is 14.6. The van der Waals surface area contributed by atoms with E-state index in [1.54, 1.807) is 17.9 Å². The fourth-order valence-electron chi connectivity index (χ4n) is 2.26. The van der Waals surface area contributed by atoms with Crippen molar-refractivity contribution in [3.63, 3.8) is 0 Å². The molecule has 0 saturated heterocycles. The van der Waals surface area contributed by atoms with Gasteiger partial charge in [0, 0.05) is 25.4 Å². The minimum atomic E-state index is -0.961. The molecule has 2 rings (SSSR count). The van der Waals surface area contributed by atoms with E-state index in [2.05, 4.69) is 20.6 Å². The third kappa shape index (κ3) is 4.85. The van der Waals surface area contributed by atoms with Crippen molar-refractivity contribution in [2.75, 3.05) is 19.0 Å². The van der Waals surface area contributed by atoms with Gasteiger partial charge in [-0.25, -0.2) is 23.5 Å². The molecule has 0 spiro atoms. The number of rotatable bonds is 5. The van der Waals surface area contributed by atoms with Gasteiger partial charge in [0.15, 0.2) is 11.6 Å². The number of halogens is 2. The highest BCUT2D eigenvalue weighted by atomic mass is 19.2. The molecule has 0 aliphatic carbocycles. The molecule has 1 heterocycles. The summed E-state index contributed by atoms with van der Waals surface area (Å²) >= 11 is 0. The predicted octanol–water partition coefficient (Wildman–Crippen LogP) is 2.69. The van der Waals surface area contributed by atoms with Gasteiger partial charge < -0.3 is 15.5 Å². The lowest BCUT2D eigenvalue weighted by Crippen LogP contribution is -2.37. The SMILES string of the molecule is Cc1cc(CNC(=O)N[C@@H](C)c2cccc(F)c2F)nc(N(C)C)n1. The van der Waals surface area contributed by atoms with Crippen LogP contribution in [0.1, 0.15) is 29.9 Å². The molecule has 0 saturated carbocycles. The molecule has 0 aliphatic heterocycles. The van der Waals surface area contributed by atoms with Crippen LogP contribution in [0, 0.1) is 18.6 Å². The van der Waals surface area contributed by atoms with Crippen molar-refractivity contribution in [3.05, 3.63) is 52.9 Å². The number of nitrogens with zero attached hydrogens (tertiary/aromatic N) is 3. The molecule has 0 aliphatic rings. The van der Waals surface area contributed by atoms with Gasteiger partial charge in [0.2, 0.25) is 5.95 Å². The average molecular weight is 349 g/mol. The van der Waals surface area contributed by atoms with Crippen LogP contribution in [-0.2, 0) is 6.54 Å². The van der Waals surface area contributed by atoms with E-state index in [4.69, 9.17) is 0 Å². The first-order chi connectivity index (χ1) is 11.8. The lowest BCUT2D eigenvalue weighted by molar-refractivity contribution is 0.237. The summed E-state index contributed by atoms with van der Waals surface area (Å²) in [5.74, 6) is -1.36. The van der Waals surface area contributed by atoms with E-state index in [9.17, 15) is 13.6 Å². The Morgan fingerprint density at radius 2 is 2.00 bits per heavy atom. The van der Waals surface area contributed by atoms with Crippen molar-refractivity contribution < 1.29 is 13.6 Å². The summed E-state index contributed by atoms with van der Waals surface area (Å²) in [5.41, 5.74) is 1.52. The third-order valence-electron chi connectivity index (χ3n) is 3.52. The normalized spacial score (nSPS) is 11.8. The molecular weight excluding hydrogens is 328 g/mol. The third-order valence-corrected chi connectivity index (χ3v) is 3.52. The van der Waals surface area contributed by atoms with E-state index in [1.165, 1.54) is 12.1 Å². The maximum atomic E-state index is 13.7. The second-order valence-electron chi connectivity index (χ2n) is 5.89. The van der Waals surface area contributed by atoms with Crippen LogP contribution in [0.2, 0.25) is 0 Å². The van der Waals surface area contributed by atoms with E-state index in [0.29, 0.717) is 11.6 Å². The number of anilines is 1. The largest absolute Gasteiger partial charge is 0.347 e. The molecule has 2 N–H and O–H groups in total. The first kappa shape index (κ1) is 18.6. The lowest BCUT2D eigenvalue weighted by atomic mass is 10.1. The van der Waals surface area contributed by atoms with E-state index in [-0.39, 0.29) is 12.1 Å². The number of nitrogens with one attached hydrogen (secondary N) is 2. The first-order valence-electron chi connectivity index (χ1n) is 7.78. The Bertz CT molecular complexity index is 767. The Morgan fingerprint density at radius 3 is 2.68 bits per heavy atom. The standard InChI is InChI=1S/C17H21F2N5O/c1-10-8-12(23-16(21-10)24(3)4)9-20-17(25)22-11(2)13-6-5-7-14(18)15(13)19/h5-8,11H,9H2,1-4H3,(H2,20,22,25)/t11-/m0/s1. The van der Waals surface area contributed by atoms with Gasteiger partial charge >= 0.3 is 6.03 Å². The molecule has 134 valence electrons. The molecule has 8 heteroatoms. The van der Waals surface area contributed by atoms with Crippen molar-refractivity contribution >= 4 is 12.0 Å². The van der Waals surface area contributed by atoms with Crippen LogP contribution >= 0.6 is 0 Å². The average Bonchev–Trinajstić information content (AvgIpc) is 2.54. The van der Waals surface area contributed by atoms with Gasteiger partial charge in [-0.05, 0) is 26.0 Å².